The number of hydrogen-bond acceptors (Lipinski definition) is 3. The van der Waals surface area contributed by atoms with Crippen molar-refractivity contribution in [2.24, 2.45) is 0 Å². The lowest BCUT2D eigenvalue weighted by Gasteiger charge is -2.32. The van der Waals surface area contributed by atoms with Crippen molar-refractivity contribution in [2.45, 2.75) is 33.4 Å². The Kier molecular flexibility index (Phi) is 3.47. The largest absolute Gasteiger partial charge is 0.338 e. The number of amides is 1. The van der Waals surface area contributed by atoms with Crippen LogP contribution >= 0.6 is 0 Å². The lowest BCUT2D eigenvalue weighted by Crippen LogP contribution is -2.52. The third-order valence-corrected chi connectivity index (χ3v) is 3.11. The lowest BCUT2D eigenvalue weighted by molar-refractivity contribution is -0.133. The van der Waals surface area contributed by atoms with Crippen LogP contribution in [-0.4, -0.2) is 46.3 Å². The maximum absolute atomic E-state index is 12.1. The minimum Gasteiger partial charge on any atom is -0.338 e. The van der Waals surface area contributed by atoms with Crippen LogP contribution in [0, 0.1) is 13.8 Å². The predicted octanol–water partition coefficient (Wildman–Crippen LogP) is 0.320. The van der Waals surface area contributed by atoms with E-state index in [1.54, 1.807) is 4.68 Å². The highest BCUT2D eigenvalue weighted by Crippen LogP contribution is 2.05. The van der Waals surface area contributed by atoms with Gasteiger partial charge in [0, 0.05) is 31.4 Å². The van der Waals surface area contributed by atoms with Crippen LogP contribution in [0.1, 0.15) is 18.3 Å². The number of aromatic nitrogens is 2. The zero-order valence-corrected chi connectivity index (χ0v) is 10.7. The minimum atomic E-state index is 0.157. The minimum absolute atomic E-state index is 0.157. The van der Waals surface area contributed by atoms with Gasteiger partial charge in [0.2, 0.25) is 5.91 Å². The molecule has 17 heavy (non-hydrogen) atoms. The van der Waals surface area contributed by atoms with Crippen LogP contribution in [0.2, 0.25) is 0 Å². The van der Waals surface area contributed by atoms with E-state index in [4.69, 9.17) is 0 Å². The Hall–Kier alpha value is -1.36. The van der Waals surface area contributed by atoms with Crippen molar-refractivity contribution >= 4 is 5.91 Å². The molecule has 0 spiro atoms. The Morgan fingerprint density at radius 2 is 2.35 bits per heavy atom. The highest BCUT2D eigenvalue weighted by molar-refractivity contribution is 5.76. The summed E-state index contributed by atoms with van der Waals surface area (Å²) in [7, 11) is 0. The van der Waals surface area contributed by atoms with E-state index in [-0.39, 0.29) is 5.91 Å². The van der Waals surface area contributed by atoms with E-state index in [1.807, 2.05) is 24.8 Å². The molecule has 0 radical (unpaired) electrons. The standard InChI is InChI=1S/C12H20N4O/c1-9-6-11(3)16(14-9)8-12(17)15-5-4-13-10(2)7-15/h6,10,13H,4-5,7-8H2,1-3H3. The summed E-state index contributed by atoms with van der Waals surface area (Å²) >= 11 is 0. The van der Waals surface area contributed by atoms with Gasteiger partial charge >= 0.3 is 0 Å². The Labute approximate surface area is 102 Å². The molecule has 1 N–H and O–H groups in total. The first-order valence-electron chi connectivity index (χ1n) is 6.08. The first kappa shape index (κ1) is 12.1. The van der Waals surface area contributed by atoms with Gasteiger partial charge in [0.15, 0.2) is 0 Å². The van der Waals surface area contributed by atoms with Crippen LogP contribution in [0.4, 0.5) is 0 Å². The summed E-state index contributed by atoms with van der Waals surface area (Å²) < 4.78 is 1.78. The van der Waals surface area contributed by atoms with Crippen LogP contribution < -0.4 is 5.32 Å². The summed E-state index contributed by atoms with van der Waals surface area (Å²) in [5, 5.41) is 7.65. The smallest absolute Gasteiger partial charge is 0.244 e. The lowest BCUT2D eigenvalue weighted by atomic mass is 10.2. The average Bonchev–Trinajstić information content (AvgIpc) is 2.57. The van der Waals surface area contributed by atoms with Gasteiger partial charge < -0.3 is 10.2 Å². The molecule has 0 aliphatic carbocycles. The summed E-state index contributed by atoms with van der Waals surface area (Å²) in [6, 6.07) is 2.38. The highest BCUT2D eigenvalue weighted by atomic mass is 16.2. The monoisotopic (exact) mass is 236 g/mol. The predicted molar refractivity (Wildman–Crippen MR) is 65.7 cm³/mol. The van der Waals surface area contributed by atoms with Crippen molar-refractivity contribution < 1.29 is 4.79 Å². The van der Waals surface area contributed by atoms with Gasteiger partial charge in [-0.15, -0.1) is 0 Å². The molecule has 1 aliphatic rings. The number of nitrogens with zero attached hydrogens (tertiary/aromatic N) is 3. The Balaban J connectivity index is 1.99. The molecular weight excluding hydrogens is 216 g/mol. The van der Waals surface area contributed by atoms with Gasteiger partial charge in [-0.05, 0) is 26.8 Å². The highest BCUT2D eigenvalue weighted by Gasteiger charge is 2.21. The zero-order valence-electron chi connectivity index (χ0n) is 10.7. The fraction of sp³-hybridized carbons (Fsp3) is 0.667. The maximum atomic E-state index is 12.1. The number of aryl methyl sites for hydroxylation is 2. The van der Waals surface area contributed by atoms with Crippen molar-refractivity contribution in [2.75, 3.05) is 19.6 Å². The van der Waals surface area contributed by atoms with E-state index in [0.29, 0.717) is 12.6 Å². The number of carbonyl (C=O) groups excluding carboxylic acids is 1. The average molecular weight is 236 g/mol. The molecule has 1 saturated heterocycles. The fourth-order valence-electron chi connectivity index (χ4n) is 2.22. The van der Waals surface area contributed by atoms with Crippen molar-refractivity contribution in [3.05, 3.63) is 17.5 Å². The normalized spacial score (nSPS) is 20.6. The third kappa shape index (κ3) is 2.85. The summed E-state index contributed by atoms with van der Waals surface area (Å²) in [6.45, 7) is 8.84. The van der Waals surface area contributed by atoms with E-state index >= 15 is 0 Å². The Bertz CT molecular complexity index is 413. The maximum Gasteiger partial charge on any atom is 0.244 e. The molecule has 1 aliphatic heterocycles. The van der Waals surface area contributed by atoms with Gasteiger partial charge in [0.05, 0.1) is 5.69 Å². The van der Waals surface area contributed by atoms with Crippen molar-refractivity contribution in [1.82, 2.24) is 20.0 Å². The Morgan fingerprint density at radius 1 is 1.59 bits per heavy atom. The molecule has 1 amide bonds. The molecule has 2 heterocycles. The van der Waals surface area contributed by atoms with E-state index in [1.165, 1.54) is 0 Å². The molecule has 1 unspecified atom stereocenters. The van der Waals surface area contributed by atoms with Gasteiger partial charge in [-0.3, -0.25) is 9.48 Å². The molecule has 5 nitrogen and oxygen atoms in total. The molecule has 0 bridgehead atoms. The molecule has 1 atom stereocenters. The second-order valence-corrected chi connectivity index (χ2v) is 4.78. The number of rotatable bonds is 2. The summed E-state index contributed by atoms with van der Waals surface area (Å²) in [5.74, 6) is 0.157. The van der Waals surface area contributed by atoms with Crippen LogP contribution in [0.25, 0.3) is 0 Å². The van der Waals surface area contributed by atoms with Crippen molar-refractivity contribution in [1.29, 1.82) is 0 Å². The molecule has 1 fully saturated rings. The number of piperazine rings is 1. The molecule has 0 saturated carbocycles. The van der Waals surface area contributed by atoms with E-state index < -0.39 is 0 Å². The topological polar surface area (TPSA) is 50.2 Å². The molecule has 0 aromatic carbocycles. The molecule has 5 heteroatoms. The van der Waals surface area contributed by atoms with E-state index in [9.17, 15) is 4.79 Å². The molecular formula is C12H20N4O. The second kappa shape index (κ2) is 4.87. The molecule has 94 valence electrons. The van der Waals surface area contributed by atoms with Crippen LogP contribution in [0.3, 0.4) is 0 Å². The van der Waals surface area contributed by atoms with Crippen LogP contribution in [0.5, 0.6) is 0 Å². The molecule has 2 rings (SSSR count). The number of nitrogens with one attached hydrogen (secondary N) is 1. The fourth-order valence-corrected chi connectivity index (χ4v) is 2.22. The van der Waals surface area contributed by atoms with Gasteiger partial charge in [-0.2, -0.15) is 5.10 Å². The SMILES string of the molecule is Cc1cc(C)n(CC(=O)N2CCNC(C)C2)n1. The first-order chi connectivity index (χ1) is 8.06. The van der Waals surface area contributed by atoms with Gasteiger partial charge in [0.1, 0.15) is 6.54 Å². The summed E-state index contributed by atoms with van der Waals surface area (Å²) in [5.41, 5.74) is 2.00. The number of carbonyl (C=O) groups is 1. The zero-order chi connectivity index (χ0) is 12.4. The summed E-state index contributed by atoms with van der Waals surface area (Å²) in [6.07, 6.45) is 0. The van der Waals surface area contributed by atoms with Gasteiger partial charge in [-0.25, -0.2) is 0 Å². The van der Waals surface area contributed by atoms with Crippen molar-refractivity contribution in [3.8, 4) is 0 Å². The number of hydrogen-bond donors (Lipinski definition) is 1. The summed E-state index contributed by atoms with van der Waals surface area (Å²) in [4.78, 5) is 14.0. The van der Waals surface area contributed by atoms with E-state index in [0.717, 1.165) is 31.0 Å². The van der Waals surface area contributed by atoms with Crippen molar-refractivity contribution in [3.63, 3.8) is 0 Å². The second-order valence-electron chi connectivity index (χ2n) is 4.78. The van der Waals surface area contributed by atoms with Gasteiger partial charge in [0.25, 0.3) is 0 Å². The molecule has 1 aromatic rings. The van der Waals surface area contributed by atoms with Gasteiger partial charge in [-0.1, -0.05) is 0 Å². The quantitative estimate of drug-likeness (QED) is 0.804. The first-order valence-corrected chi connectivity index (χ1v) is 6.08. The van der Waals surface area contributed by atoms with E-state index in [2.05, 4.69) is 17.3 Å². The van der Waals surface area contributed by atoms with Crippen LogP contribution in [-0.2, 0) is 11.3 Å². The Morgan fingerprint density at radius 3 is 2.94 bits per heavy atom. The molecule has 1 aromatic heterocycles. The third-order valence-electron chi connectivity index (χ3n) is 3.11. The van der Waals surface area contributed by atoms with Crippen LogP contribution in [0.15, 0.2) is 6.07 Å².